The molecule has 2 amide bonds. The molecule has 146 valence electrons. The molecule has 6 nitrogen and oxygen atoms in total. The van der Waals surface area contributed by atoms with Gasteiger partial charge in [0.15, 0.2) is 0 Å². The molecule has 2 fully saturated rings. The Kier molecular flexibility index (Phi) is 5.55. The summed E-state index contributed by atoms with van der Waals surface area (Å²) in [6, 6.07) is 11.1. The Morgan fingerprint density at radius 3 is 2.32 bits per heavy atom. The summed E-state index contributed by atoms with van der Waals surface area (Å²) in [4.78, 5) is 33.1. The van der Waals surface area contributed by atoms with Crippen LogP contribution in [0.3, 0.4) is 0 Å². The maximum atomic E-state index is 12.8. The molecule has 3 heterocycles. The number of hydrogen-bond donors (Lipinski definition) is 0. The number of carbonyl (C=O) groups excluding carboxylic acids is 2. The van der Waals surface area contributed by atoms with E-state index in [1.54, 1.807) is 24.5 Å². The van der Waals surface area contributed by atoms with E-state index >= 15 is 0 Å². The Hall–Kier alpha value is -2.89. The van der Waals surface area contributed by atoms with Crippen molar-refractivity contribution in [3.8, 4) is 5.75 Å². The highest BCUT2D eigenvalue weighted by Crippen LogP contribution is 2.26. The first-order valence-electron chi connectivity index (χ1n) is 9.96. The highest BCUT2D eigenvalue weighted by molar-refractivity contribution is 5.97. The van der Waals surface area contributed by atoms with Crippen molar-refractivity contribution in [3.63, 3.8) is 0 Å². The molecule has 1 aromatic carbocycles. The molecule has 2 saturated heterocycles. The van der Waals surface area contributed by atoms with Crippen molar-refractivity contribution in [2.75, 3.05) is 26.2 Å². The smallest absolute Gasteiger partial charge is 0.257 e. The van der Waals surface area contributed by atoms with Gasteiger partial charge in [-0.05, 0) is 37.1 Å². The van der Waals surface area contributed by atoms with Gasteiger partial charge in [0.1, 0.15) is 11.9 Å². The highest BCUT2D eigenvalue weighted by Gasteiger charge is 2.27. The van der Waals surface area contributed by atoms with E-state index in [9.17, 15) is 9.59 Å². The lowest BCUT2D eigenvalue weighted by Crippen LogP contribution is -2.42. The first-order chi connectivity index (χ1) is 13.7. The van der Waals surface area contributed by atoms with Gasteiger partial charge in [0.2, 0.25) is 0 Å². The van der Waals surface area contributed by atoms with Crippen LogP contribution >= 0.6 is 0 Å². The largest absolute Gasteiger partial charge is 0.489 e. The quantitative estimate of drug-likeness (QED) is 0.819. The average Bonchev–Trinajstić information content (AvgIpc) is 3.29. The first kappa shape index (κ1) is 18.5. The van der Waals surface area contributed by atoms with Crippen LogP contribution in [0.4, 0.5) is 0 Å². The van der Waals surface area contributed by atoms with Gasteiger partial charge in [-0.25, -0.2) is 0 Å². The number of ether oxygens (including phenoxy) is 1. The van der Waals surface area contributed by atoms with Crippen LogP contribution in [0.5, 0.6) is 5.75 Å². The monoisotopic (exact) mass is 379 g/mol. The van der Waals surface area contributed by atoms with Crippen molar-refractivity contribution < 1.29 is 14.3 Å². The zero-order valence-corrected chi connectivity index (χ0v) is 15.9. The van der Waals surface area contributed by atoms with Gasteiger partial charge >= 0.3 is 0 Å². The summed E-state index contributed by atoms with van der Waals surface area (Å²) in [5.41, 5.74) is 1.25. The van der Waals surface area contributed by atoms with Crippen LogP contribution in [-0.4, -0.2) is 58.9 Å². The number of likely N-dealkylation sites (tertiary alicyclic amines) is 2. The first-order valence-corrected chi connectivity index (χ1v) is 9.96. The van der Waals surface area contributed by atoms with Crippen molar-refractivity contribution in [1.29, 1.82) is 0 Å². The third-order valence-corrected chi connectivity index (χ3v) is 5.44. The number of rotatable bonds is 4. The number of piperidine rings is 1. The second-order valence-electron chi connectivity index (χ2n) is 7.35. The SMILES string of the molecule is O=C(c1cccnc1)N1CCC(Oc2ccccc2C(=O)N2CCCC2)CC1. The standard InChI is InChI=1S/C22H25N3O3/c26-21(17-6-5-11-23-16-17)25-14-9-18(10-15-25)28-20-8-2-1-7-19(20)22(27)24-12-3-4-13-24/h1-2,5-8,11,16,18H,3-4,9-10,12-15H2. The molecule has 0 spiro atoms. The minimum Gasteiger partial charge on any atom is -0.489 e. The van der Waals surface area contributed by atoms with E-state index < -0.39 is 0 Å². The van der Waals surface area contributed by atoms with E-state index in [-0.39, 0.29) is 17.9 Å². The Bertz CT molecular complexity index is 826. The molecule has 0 unspecified atom stereocenters. The number of aromatic nitrogens is 1. The summed E-state index contributed by atoms with van der Waals surface area (Å²) in [5.74, 6) is 0.713. The minimum absolute atomic E-state index is 0.00507. The van der Waals surface area contributed by atoms with Crippen LogP contribution in [0.2, 0.25) is 0 Å². The number of para-hydroxylation sites is 1. The molecule has 0 bridgehead atoms. The van der Waals surface area contributed by atoms with Crippen molar-refractivity contribution >= 4 is 11.8 Å². The Balaban J connectivity index is 1.38. The second-order valence-corrected chi connectivity index (χ2v) is 7.35. The van der Waals surface area contributed by atoms with Gasteiger partial charge in [0.25, 0.3) is 11.8 Å². The van der Waals surface area contributed by atoms with E-state index in [2.05, 4.69) is 4.98 Å². The van der Waals surface area contributed by atoms with E-state index in [4.69, 9.17) is 4.74 Å². The zero-order chi connectivity index (χ0) is 19.3. The third kappa shape index (κ3) is 4.01. The summed E-state index contributed by atoms with van der Waals surface area (Å²) in [6.07, 6.45) is 6.90. The Morgan fingerprint density at radius 2 is 1.61 bits per heavy atom. The molecule has 2 aliphatic rings. The topological polar surface area (TPSA) is 62.7 Å². The zero-order valence-electron chi connectivity index (χ0n) is 15.9. The van der Waals surface area contributed by atoms with Crippen molar-refractivity contribution in [3.05, 3.63) is 59.9 Å². The van der Waals surface area contributed by atoms with E-state index in [1.165, 1.54) is 0 Å². The van der Waals surface area contributed by atoms with Gasteiger partial charge in [0.05, 0.1) is 11.1 Å². The van der Waals surface area contributed by atoms with Crippen molar-refractivity contribution in [2.24, 2.45) is 0 Å². The van der Waals surface area contributed by atoms with Gasteiger partial charge in [-0.3, -0.25) is 14.6 Å². The van der Waals surface area contributed by atoms with Gasteiger partial charge < -0.3 is 14.5 Å². The van der Waals surface area contributed by atoms with Crippen LogP contribution < -0.4 is 4.74 Å². The Labute approximate surface area is 165 Å². The summed E-state index contributed by atoms with van der Waals surface area (Å²) < 4.78 is 6.20. The highest BCUT2D eigenvalue weighted by atomic mass is 16.5. The van der Waals surface area contributed by atoms with Gasteiger partial charge in [-0.15, -0.1) is 0 Å². The number of pyridine rings is 1. The summed E-state index contributed by atoms with van der Waals surface area (Å²) in [7, 11) is 0. The molecular formula is C22H25N3O3. The number of hydrogen-bond acceptors (Lipinski definition) is 4. The minimum atomic E-state index is 0.00507. The second kappa shape index (κ2) is 8.42. The van der Waals surface area contributed by atoms with E-state index in [0.29, 0.717) is 30.0 Å². The lowest BCUT2D eigenvalue weighted by atomic mass is 10.1. The summed E-state index contributed by atoms with van der Waals surface area (Å²) >= 11 is 0. The molecule has 4 rings (SSSR count). The van der Waals surface area contributed by atoms with E-state index in [1.807, 2.05) is 34.1 Å². The van der Waals surface area contributed by atoms with Crippen molar-refractivity contribution in [2.45, 2.75) is 31.8 Å². The van der Waals surface area contributed by atoms with Crippen LogP contribution in [0.15, 0.2) is 48.8 Å². The molecular weight excluding hydrogens is 354 g/mol. The van der Waals surface area contributed by atoms with Gasteiger partial charge in [-0.1, -0.05) is 12.1 Å². The molecule has 0 radical (unpaired) electrons. The molecule has 2 aromatic rings. The fourth-order valence-electron chi connectivity index (χ4n) is 3.86. The normalized spacial score (nSPS) is 17.6. The predicted molar refractivity (Wildman–Crippen MR) is 105 cm³/mol. The van der Waals surface area contributed by atoms with Crippen LogP contribution in [-0.2, 0) is 0 Å². The third-order valence-electron chi connectivity index (χ3n) is 5.44. The Morgan fingerprint density at radius 1 is 0.893 bits per heavy atom. The predicted octanol–water partition coefficient (Wildman–Crippen LogP) is 3.00. The molecule has 28 heavy (non-hydrogen) atoms. The average molecular weight is 379 g/mol. The molecule has 1 aromatic heterocycles. The molecule has 0 atom stereocenters. The molecule has 6 heteroatoms. The van der Waals surface area contributed by atoms with Crippen LogP contribution in [0, 0.1) is 0 Å². The fourth-order valence-corrected chi connectivity index (χ4v) is 3.86. The molecule has 0 aliphatic carbocycles. The van der Waals surface area contributed by atoms with E-state index in [0.717, 1.165) is 38.8 Å². The van der Waals surface area contributed by atoms with Gasteiger partial charge in [-0.2, -0.15) is 0 Å². The van der Waals surface area contributed by atoms with Gasteiger partial charge in [0, 0.05) is 51.4 Å². The van der Waals surface area contributed by atoms with Crippen molar-refractivity contribution in [1.82, 2.24) is 14.8 Å². The fraction of sp³-hybridized carbons (Fsp3) is 0.409. The number of carbonyl (C=O) groups is 2. The van der Waals surface area contributed by atoms with Crippen LogP contribution in [0.25, 0.3) is 0 Å². The molecule has 0 N–H and O–H groups in total. The number of nitrogens with zero attached hydrogens (tertiary/aromatic N) is 3. The maximum absolute atomic E-state index is 12.8. The lowest BCUT2D eigenvalue weighted by Gasteiger charge is -2.32. The molecule has 0 saturated carbocycles. The number of benzene rings is 1. The maximum Gasteiger partial charge on any atom is 0.257 e. The van der Waals surface area contributed by atoms with Crippen LogP contribution in [0.1, 0.15) is 46.4 Å². The summed E-state index contributed by atoms with van der Waals surface area (Å²) in [5, 5.41) is 0. The lowest BCUT2D eigenvalue weighted by molar-refractivity contribution is 0.0591. The summed E-state index contributed by atoms with van der Waals surface area (Å²) in [6.45, 7) is 2.92. The number of amides is 2. The molecule has 2 aliphatic heterocycles.